The Morgan fingerprint density at radius 1 is 0.804 bits per heavy atom. The van der Waals surface area contributed by atoms with Crippen LogP contribution in [0.3, 0.4) is 0 Å². The van der Waals surface area contributed by atoms with E-state index in [1.165, 1.54) is 30.3 Å². The first kappa shape index (κ1) is 42.6. The average molecular weight is 768 g/mol. The molecule has 0 radical (unpaired) electrons. The number of methoxy groups -OCH3 is 2. The minimum absolute atomic E-state index is 0.0131. The molecule has 1 amide bonds. The third kappa shape index (κ3) is 11.1. The Kier molecular flexibility index (Phi) is 16.5. The monoisotopic (exact) mass is 767 g/mol. The molecule has 0 spiro atoms. The Hall–Kier alpha value is -4.51. The molecule has 4 atom stereocenters. The van der Waals surface area contributed by atoms with Crippen molar-refractivity contribution in [3.8, 4) is 11.5 Å². The number of unbranched alkanes of at least 4 members (excludes halogenated alkanes) is 8. The maximum absolute atomic E-state index is 13.5. The quantitative estimate of drug-likeness (QED) is 0.0567. The molecule has 0 saturated carbocycles. The molecular formula is C46H61N3O7. The van der Waals surface area contributed by atoms with Crippen LogP contribution in [-0.4, -0.2) is 53.6 Å². The van der Waals surface area contributed by atoms with E-state index in [4.69, 9.17) is 18.9 Å². The molecule has 0 aliphatic carbocycles. The highest BCUT2D eigenvalue weighted by Gasteiger charge is 2.42. The number of hydrogen-bond acceptors (Lipinski definition) is 8. The zero-order valence-electron chi connectivity index (χ0n) is 33.7. The highest BCUT2D eigenvalue weighted by Crippen LogP contribution is 2.42. The van der Waals surface area contributed by atoms with Gasteiger partial charge in [0.2, 0.25) is 5.91 Å². The van der Waals surface area contributed by atoms with Crippen molar-refractivity contribution in [2.45, 2.75) is 121 Å². The molecule has 1 saturated heterocycles. The van der Waals surface area contributed by atoms with Crippen LogP contribution < -0.4 is 20.5 Å². The summed E-state index contributed by atoms with van der Waals surface area (Å²) in [7, 11) is 3.26. The van der Waals surface area contributed by atoms with Crippen molar-refractivity contribution >= 4 is 11.7 Å². The van der Waals surface area contributed by atoms with E-state index in [2.05, 4.69) is 24.1 Å². The lowest BCUT2D eigenvalue weighted by molar-refractivity contribution is -0.120. The fourth-order valence-electron chi connectivity index (χ4n) is 7.64. The molecular weight excluding hydrogens is 707 g/mol. The molecule has 2 N–H and O–H groups in total. The number of benzene rings is 3. The van der Waals surface area contributed by atoms with E-state index in [1.54, 1.807) is 26.5 Å². The molecule has 302 valence electrons. The van der Waals surface area contributed by atoms with Crippen LogP contribution in [-0.2, 0) is 19.9 Å². The molecule has 0 bridgehead atoms. The van der Waals surface area contributed by atoms with Crippen LogP contribution in [0.15, 0.2) is 95.9 Å². The van der Waals surface area contributed by atoms with Crippen LogP contribution in [0.5, 0.6) is 11.5 Å². The molecule has 3 aromatic carbocycles. The molecule has 10 heteroatoms. The molecule has 1 aromatic heterocycles. The van der Waals surface area contributed by atoms with Gasteiger partial charge in [-0.3, -0.25) is 9.36 Å². The van der Waals surface area contributed by atoms with Crippen LogP contribution in [0.4, 0.5) is 5.82 Å². The number of aromatic nitrogens is 2. The van der Waals surface area contributed by atoms with E-state index < -0.39 is 29.7 Å². The van der Waals surface area contributed by atoms with Crippen molar-refractivity contribution in [1.82, 2.24) is 9.55 Å². The van der Waals surface area contributed by atoms with E-state index in [1.807, 2.05) is 78.9 Å². The van der Waals surface area contributed by atoms with Crippen molar-refractivity contribution in [2.24, 2.45) is 5.92 Å². The van der Waals surface area contributed by atoms with Gasteiger partial charge in [-0.1, -0.05) is 133 Å². The maximum Gasteiger partial charge on any atom is 0.351 e. The predicted molar refractivity (Wildman–Crippen MR) is 220 cm³/mol. The fourth-order valence-corrected chi connectivity index (χ4v) is 7.64. The third-order valence-electron chi connectivity index (χ3n) is 10.9. The minimum Gasteiger partial charge on any atom is -0.497 e. The largest absolute Gasteiger partial charge is 0.497 e. The number of aliphatic hydroxyl groups is 1. The van der Waals surface area contributed by atoms with E-state index in [0.29, 0.717) is 11.5 Å². The standard InChI is InChI=1S/C46H61N3O7/c1-5-7-9-11-12-15-19-34(18-14-10-8-6-2)44(51)47-42-30-31-49(45(52)48-42)43-32-40(50)41(56-43)33-55-46(35-20-16-13-17-21-35,36-22-26-38(53-3)27-23-36)37-24-28-39(54-4)29-25-37/h13,16-17,20-31,34,40-41,43,50H,5-12,14-15,18-19,32-33H2,1-4H3,(H,47,48,51,52)/t34?,40-,41+,43+/m0/s1. The van der Waals surface area contributed by atoms with E-state index in [-0.39, 0.29) is 30.7 Å². The summed E-state index contributed by atoms with van der Waals surface area (Å²) in [6.45, 7) is 4.41. The normalized spacial score (nSPS) is 17.4. The van der Waals surface area contributed by atoms with Gasteiger partial charge in [0.05, 0.1) is 26.9 Å². The van der Waals surface area contributed by atoms with Crippen LogP contribution in [0, 0.1) is 5.92 Å². The summed E-state index contributed by atoms with van der Waals surface area (Å²) in [6, 6.07) is 27.0. The van der Waals surface area contributed by atoms with Gasteiger partial charge >= 0.3 is 5.69 Å². The van der Waals surface area contributed by atoms with E-state index >= 15 is 0 Å². The maximum atomic E-state index is 13.5. The highest BCUT2D eigenvalue weighted by atomic mass is 16.6. The molecule has 1 unspecified atom stereocenters. The molecule has 5 rings (SSSR count). The van der Waals surface area contributed by atoms with Crippen molar-refractivity contribution in [2.75, 3.05) is 26.1 Å². The Labute approximate surface area is 332 Å². The Morgan fingerprint density at radius 3 is 1.89 bits per heavy atom. The molecule has 2 heterocycles. The smallest absolute Gasteiger partial charge is 0.351 e. The number of nitrogens with zero attached hydrogens (tertiary/aromatic N) is 2. The first-order valence-corrected chi connectivity index (χ1v) is 20.5. The van der Waals surface area contributed by atoms with Crippen LogP contribution >= 0.6 is 0 Å². The van der Waals surface area contributed by atoms with Crippen molar-refractivity contribution in [3.05, 3.63) is 118 Å². The zero-order chi connectivity index (χ0) is 39.8. The number of nitrogens with one attached hydrogen (secondary N) is 1. The number of rotatable bonds is 23. The van der Waals surface area contributed by atoms with Gasteiger partial charge in [0.15, 0.2) is 0 Å². The van der Waals surface area contributed by atoms with Gasteiger partial charge in [0.1, 0.15) is 35.2 Å². The van der Waals surface area contributed by atoms with Crippen LogP contribution in [0.1, 0.15) is 120 Å². The second-order valence-electron chi connectivity index (χ2n) is 14.8. The van der Waals surface area contributed by atoms with Crippen molar-refractivity contribution in [1.29, 1.82) is 0 Å². The summed E-state index contributed by atoms with van der Waals surface area (Å²) >= 11 is 0. The lowest BCUT2D eigenvalue weighted by Gasteiger charge is -2.37. The molecule has 1 aliphatic heterocycles. The summed E-state index contributed by atoms with van der Waals surface area (Å²) in [5.74, 6) is 1.45. The van der Waals surface area contributed by atoms with Gasteiger partial charge in [0, 0.05) is 18.5 Å². The summed E-state index contributed by atoms with van der Waals surface area (Å²) < 4.78 is 25.6. The van der Waals surface area contributed by atoms with Crippen LogP contribution in [0.2, 0.25) is 0 Å². The second kappa shape index (κ2) is 21.7. The van der Waals surface area contributed by atoms with Gasteiger partial charge in [-0.2, -0.15) is 4.98 Å². The average Bonchev–Trinajstić information content (AvgIpc) is 3.60. The topological polar surface area (TPSA) is 121 Å². The molecule has 4 aromatic rings. The summed E-state index contributed by atoms with van der Waals surface area (Å²) in [4.78, 5) is 31.1. The Morgan fingerprint density at radius 2 is 1.34 bits per heavy atom. The number of anilines is 1. The van der Waals surface area contributed by atoms with Crippen molar-refractivity contribution in [3.63, 3.8) is 0 Å². The third-order valence-corrected chi connectivity index (χ3v) is 10.9. The lowest BCUT2D eigenvalue weighted by Crippen LogP contribution is -2.38. The zero-order valence-corrected chi connectivity index (χ0v) is 33.7. The van der Waals surface area contributed by atoms with Gasteiger partial charge in [0.25, 0.3) is 0 Å². The van der Waals surface area contributed by atoms with Gasteiger partial charge in [-0.25, -0.2) is 4.79 Å². The number of amides is 1. The molecule has 10 nitrogen and oxygen atoms in total. The summed E-state index contributed by atoms with van der Waals surface area (Å²) in [6.07, 6.45) is 12.5. The molecule has 1 fully saturated rings. The molecule has 56 heavy (non-hydrogen) atoms. The summed E-state index contributed by atoms with van der Waals surface area (Å²) in [5.41, 5.74) is 0.931. The second-order valence-corrected chi connectivity index (χ2v) is 14.8. The number of carbonyl (C=O) groups is 1. The first-order valence-electron chi connectivity index (χ1n) is 20.5. The lowest BCUT2D eigenvalue weighted by atomic mass is 9.80. The van der Waals surface area contributed by atoms with Gasteiger partial charge < -0.3 is 29.4 Å². The Bertz CT molecular complexity index is 1770. The van der Waals surface area contributed by atoms with E-state index in [0.717, 1.165) is 68.1 Å². The van der Waals surface area contributed by atoms with Crippen LogP contribution in [0.25, 0.3) is 0 Å². The SMILES string of the molecule is CCCCCCCCC(CCCCCC)C(=O)Nc1ccn([C@H]2C[C@H](O)[C@@H](COC(c3ccccc3)(c3ccc(OC)cc3)c3ccc(OC)cc3)O2)c(=O)n1. The molecule has 1 aliphatic rings. The number of aliphatic hydroxyl groups excluding tert-OH is 1. The first-order chi connectivity index (χ1) is 27.3. The Balaban J connectivity index is 1.30. The number of carbonyl (C=O) groups excluding carboxylic acids is 1. The van der Waals surface area contributed by atoms with E-state index in [9.17, 15) is 14.7 Å². The minimum atomic E-state index is -1.10. The number of hydrogen-bond donors (Lipinski definition) is 2. The number of ether oxygens (including phenoxy) is 4. The fraction of sp³-hybridized carbons (Fsp3) is 0.500. The van der Waals surface area contributed by atoms with Gasteiger partial charge in [-0.05, 0) is 59.9 Å². The highest BCUT2D eigenvalue weighted by molar-refractivity contribution is 5.91. The summed E-state index contributed by atoms with van der Waals surface area (Å²) in [5, 5.41) is 14.2. The predicted octanol–water partition coefficient (Wildman–Crippen LogP) is 9.19. The van der Waals surface area contributed by atoms with Crippen molar-refractivity contribution < 1.29 is 28.8 Å². The van der Waals surface area contributed by atoms with Gasteiger partial charge in [-0.15, -0.1) is 0 Å².